The summed E-state index contributed by atoms with van der Waals surface area (Å²) in [6.45, 7) is 6.06. The molecular formula is C10H11ClO. The Hall–Kier alpha value is -0.950. The summed E-state index contributed by atoms with van der Waals surface area (Å²) >= 11 is 5.82. The summed E-state index contributed by atoms with van der Waals surface area (Å²) in [6, 6.07) is 5.62. The van der Waals surface area contributed by atoms with Crippen molar-refractivity contribution in [3.63, 3.8) is 0 Å². The Labute approximate surface area is 77.6 Å². The minimum Gasteiger partial charge on any atom is -0.489 e. The molecule has 0 spiro atoms. The van der Waals surface area contributed by atoms with Crippen LogP contribution in [0.4, 0.5) is 0 Å². The number of hydrogen-bond acceptors (Lipinski definition) is 1. The Balaban J connectivity index is 2.78. The molecule has 0 saturated carbocycles. The van der Waals surface area contributed by atoms with Crippen molar-refractivity contribution in [2.75, 3.05) is 6.61 Å². The first-order valence-corrected chi connectivity index (χ1v) is 4.11. The molecule has 0 unspecified atom stereocenters. The molecule has 0 heterocycles. The number of benzene rings is 1. The SMILES string of the molecule is C=CCOc1cc(C)cc(Cl)c1. The average molecular weight is 183 g/mol. The molecule has 12 heavy (non-hydrogen) atoms. The third-order valence-electron chi connectivity index (χ3n) is 1.38. The molecule has 0 radical (unpaired) electrons. The fourth-order valence-corrected chi connectivity index (χ4v) is 1.22. The van der Waals surface area contributed by atoms with Gasteiger partial charge in [0.1, 0.15) is 12.4 Å². The zero-order chi connectivity index (χ0) is 8.97. The van der Waals surface area contributed by atoms with E-state index in [4.69, 9.17) is 16.3 Å². The van der Waals surface area contributed by atoms with E-state index in [0.717, 1.165) is 11.3 Å². The van der Waals surface area contributed by atoms with Crippen molar-refractivity contribution < 1.29 is 4.74 Å². The Morgan fingerprint density at radius 3 is 2.83 bits per heavy atom. The van der Waals surface area contributed by atoms with E-state index >= 15 is 0 Å². The lowest BCUT2D eigenvalue weighted by Gasteiger charge is -2.04. The molecule has 1 aromatic rings. The lowest BCUT2D eigenvalue weighted by Crippen LogP contribution is -1.92. The zero-order valence-corrected chi connectivity index (χ0v) is 7.77. The highest BCUT2D eigenvalue weighted by atomic mass is 35.5. The van der Waals surface area contributed by atoms with Gasteiger partial charge in [-0.05, 0) is 30.7 Å². The molecule has 0 fully saturated rings. The number of halogens is 1. The molecule has 0 aliphatic rings. The summed E-state index contributed by atoms with van der Waals surface area (Å²) in [6.07, 6.45) is 1.70. The predicted octanol–water partition coefficient (Wildman–Crippen LogP) is 3.21. The Bertz CT molecular complexity index is 261. The highest BCUT2D eigenvalue weighted by molar-refractivity contribution is 6.30. The van der Waals surface area contributed by atoms with Gasteiger partial charge in [-0.2, -0.15) is 0 Å². The van der Waals surface area contributed by atoms with Gasteiger partial charge < -0.3 is 4.74 Å². The molecule has 0 atom stereocenters. The minimum atomic E-state index is 0.514. The molecule has 1 rings (SSSR count). The van der Waals surface area contributed by atoms with E-state index in [1.807, 2.05) is 19.1 Å². The number of aryl methyl sites for hydroxylation is 1. The molecule has 0 bridgehead atoms. The van der Waals surface area contributed by atoms with Crippen molar-refractivity contribution in [3.05, 3.63) is 41.4 Å². The summed E-state index contributed by atoms with van der Waals surface area (Å²) < 4.78 is 5.31. The van der Waals surface area contributed by atoms with Gasteiger partial charge in [0.15, 0.2) is 0 Å². The Morgan fingerprint density at radius 1 is 1.50 bits per heavy atom. The van der Waals surface area contributed by atoms with Gasteiger partial charge in [0.25, 0.3) is 0 Å². The van der Waals surface area contributed by atoms with E-state index in [0.29, 0.717) is 11.6 Å². The smallest absolute Gasteiger partial charge is 0.121 e. The van der Waals surface area contributed by atoms with Crippen LogP contribution in [-0.4, -0.2) is 6.61 Å². The topological polar surface area (TPSA) is 9.23 Å². The molecular weight excluding hydrogens is 172 g/mol. The van der Waals surface area contributed by atoms with Gasteiger partial charge in [-0.15, -0.1) is 0 Å². The molecule has 0 amide bonds. The van der Waals surface area contributed by atoms with Gasteiger partial charge in [-0.1, -0.05) is 24.3 Å². The molecule has 0 aliphatic carbocycles. The molecule has 64 valence electrons. The average Bonchev–Trinajstić information content (AvgIpc) is 1.99. The lowest BCUT2D eigenvalue weighted by molar-refractivity contribution is 0.363. The maximum Gasteiger partial charge on any atom is 0.121 e. The van der Waals surface area contributed by atoms with Crippen molar-refractivity contribution in [1.82, 2.24) is 0 Å². The van der Waals surface area contributed by atoms with Crippen LogP contribution < -0.4 is 4.74 Å². The Morgan fingerprint density at radius 2 is 2.25 bits per heavy atom. The van der Waals surface area contributed by atoms with Crippen molar-refractivity contribution in [2.45, 2.75) is 6.92 Å². The second-order valence-corrected chi connectivity index (χ2v) is 3.00. The van der Waals surface area contributed by atoms with E-state index in [2.05, 4.69) is 6.58 Å². The monoisotopic (exact) mass is 182 g/mol. The van der Waals surface area contributed by atoms with E-state index in [-0.39, 0.29) is 0 Å². The third-order valence-corrected chi connectivity index (χ3v) is 1.60. The van der Waals surface area contributed by atoms with Gasteiger partial charge in [0, 0.05) is 5.02 Å². The number of ether oxygens (including phenoxy) is 1. The third kappa shape index (κ3) is 2.59. The van der Waals surface area contributed by atoms with Gasteiger partial charge in [-0.3, -0.25) is 0 Å². The molecule has 0 aliphatic heterocycles. The molecule has 0 saturated heterocycles. The van der Waals surface area contributed by atoms with Crippen LogP contribution in [0.2, 0.25) is 5.02 Å². The summed E-state index contributed by atoms with van der Waals surface area (Å²) in [5.41, 5.74) is 1.10. The van der Waals surface area contributed by atoms with E-state index in [9.17, 15) is 0 Å². The van der Waals surface area contributed by atoms with Gasteiger partial charge >= 0.3 is 0 Å². The highest BCUT2D eigenvalue weighted by Crippen LogP contribution is 2.20. The van der Waals surface area contributed by atoms with Crippen LogP contribution in [0.15, 0.2) is 30.9 Å². The maximum absolute atomic E-state index is 5.82. The van der Waals surface area contributed by atoms with Gasteiger partial charge in [0.05, 0.1) is 0 Å². The standard InChI is InChI=1S/C10H11ClO/c1-3-4-12-10-6-8(2)5-9(11)7-10/h3,5-7H,1,4H2,2H3. The summed E-state index contributed by atoms with van der Waals surface area (Å²) in [5, 5.41) is 0.703. The highest BCUT2D eigenvalue weighted by Gasteiger charge is 1.95. The van der Waals surface area contributed by atoms with Gasteiger partial charge in [-0.25, -0.2) is 0 Å². The molecule has 1 nitrogen and oxygen atoms in total. The van der Waals surface area contributed by atoms with Crippen LogP contribution in [0.25, 0.3) is 0 Å². The van der Waals surface area contributed by atoms with E-state index < -0.39 is 0 Å². The lowest BCUT2D eigenvalue weighted by atomic mass is 10.2. The molecule has 0 aromatic heterocycles. The first kappa shape index (κ1) is 9.14. The van der Waals surface area contributed by atoms with Crippen LogP contribution in [0.3, 0.4) is 0 Å². The first-order valence-electron chi connectivity index (χ1n) is 3.73. The summed E-state index contributed by atoms with van der Waals surface area (Å²) in [7, 11) is 0. The quantitative estimate of drug-likeness (QED) is 0.653. The normalized spacial score (nSPS) is 9.50. The van der Waals surface area contributed by atoms with Crippen LogP contribution in [0.1, 0.15) is 5.56 Å². The van der Waals surface area contributed by atoms with Crippen molar-refractivity contribution in [1.29, 1.82) is 0 Å². The van der Waals surface area contributed by atoms with Crippen molar-refractivity contribution >= 4 is 11.6 Å². The minimum absolute atomic E-state index is 0.514. The fraction of sp³-hybridized carbons (Fsp3) is 0.200. The van der Waals surface area contributed by atoms with Crippen LogP contribution in [0, 0.1) is 6.92 Å². The zero-order valence-electron chi connectivity index (χ0n) is 7.01. The summed E-state index contributed by atoms with van der Waals surface area (Å²) in [4.78, 5) is 0. The van der Waals surface area contributed by atoms with Gasteiger partial charge in [0.2, 0.25) is 0 Å². The maximum atomic E-state index is 5.82. The fourth-order valence-electron chi connectivity index (χ4n) is 0.941. The van der Waals surface area contributed by atoms with E-state index in [1.165, 1.54) is 0 Å². The predicted molar refractivity (Wildman–Crippen MR) is 51.9 cm³/mol. The molecule has 0 N–H and O–H groups in total. The number of hydrogen-bond donors (Lipinski definition) is 0. The first-order chi connectivity index (χ1) is 5.72. The number of rotatable bonds is 3. The van der Waals surface area contributed by atoms with E-state index in [1.54, 1.807) is 12.1 Å². The molecule has 1 aromatic carbocycles. The summed E-state index contributed by atoms with van der Waals surface area (Å²) in [5.74, 6) is 0.792. The van der Waals surface area contributed by atoms with Crippen molar-refractivity contribution in [3.8, 4) is 5.75 Å². The van der Waals surface area contributed by atoms with Crippen LogP contribution in [-0.2, 0) is 0 Å². The second-order valence-electron chi connectivity index (χ2n) is 2.56. The molecule has 2 heteroatoms. The van der Waals surface area contributed by atoms with Crippen molar-refractivity contribution in [2.24, 2.45) is 0 Å². The Kier molecular flexibility index (Phi) is 3.18. The second kappa shape index (κ2) is 4.17. The largest absolute Gasteiger partial charge is 0.489 e. The van der Waals surface area contributed by atoms with Crippen LogP contribution in [0.5, 0.6) is 5.75 Å². The van der Waals surface area contributed by atoms with Crippen LogP contribution >= 0.6 is 11.6 Å².